The molecular formula is C25H17N3. The number of hydrogen-bond donors (Lipinski definition) is 0. The van der Waals surface area contributed by atoms with Gasteiger partial charge in [-0.2, -0.15) is 0 Å². The van der Waals surface area contributed by atoms with E-state index in [1.807, 2.05) is 18.5 Å². The summed E-state index contributed by atoms with van der Waals surface area (Å²) in [4.78, 5) is 11.9. The number of benzene rings is 2. The van der Waals surface area contributed by atoms with Crippen molar-refractivity contribution in [1.29, 1.82) is 0 Å². The molecule has 0 N–H and O–H groups in total. The molecule has 0 spiro atoms. The fourth-order valence-corrected chi connectivity index (χ4v) is 5.15. The number of rotatable bonds is 0. The predicted molar refractivity (Wildman–Crippen MR) is 111 cm³/mol. The minimum absolute atomic E-state index is 0.882. The SMILES string of the molecule is c1ccc2c(c1)Cc1cc3c(cc1-2)Cc1nccc2c1N3c1ncccc1C2. The molecule has 4 aromatic rings. The number of fused-ring (bicyclic) bond motifs is 7. The fourth-order valence-electron chi connectivity index (χ4n) is 5.15. The molecule has 3 heteroatoms. The van der Waals surface area contributed by atoms with E-state index < -0.39 is 0 Å². The summed E-state index contributed by atoms with van der Waals surface area (Å²) in [5.74, 6) is 1.06. The van der Waals surface area contributed by atoms with Crippen molar-refractivity contribution in [2.45, 2.75) is 19.3 Å². The number of hydrogen-bond acceptors (Lipinski definition) is 3. The van der Waals surface area contributed by atoms with Crippen LogP contribution in [-0.2, 0) is 19.3 Å². The van der Waals surface area contributed by atoms with Crippen LogP contribution in [0.5, 0.6) is 0 Å². The van der Waals surface area contributed by atoms with Crippen molar-refractivity contribution < 1.29 is 0 Å². The molecule has 0 saturated heterocycles. The number of aromatic nitrogens is 2. The molecule has 4 heterocycles. The third kappa shape index (κ3) is 1.79. The molecule has 7 rings (SSSR count). The van der Waals surface area contributed by atoms with Crippen LogP contribution in [0.1, 0.15) is 33.5 Å². The van der Waals surface area contributed by atoms with Crippen molar-refractivity contribution in [2.75, 3.05) is 4.90 Å². The lowest BCUT2D eigenvalue weighted by Crippen LogP contribution is -2.26. The molecule has 2 aromatic carbocycles. The Morgan fingerprint density at radius 3 is 2.54 bits per heavy atom. The minimum atomic E-state index is 0.882. The quantitative estimate of drug-likeness (QED) is 0.367. The maximum absolute atomic E-state index is 4.78. The molecule has 0 radical (unpaired) electrons. The van der Waals surface area contributed by atoms with Gasteiger partial charge in [-0.3, -0.25) is 9.88 Å². The average Bonchev–Trinajstić information content (AvgIpc) is 3.09. The highest BCUT2D eigenvalue weighted by Crippen LogP contribution is 2.51. The standard InChI is InChI=1S/C25H17N3/c1-2-6-20-15(4-1)10-18-14-23-19(12-21(18)20)13-22-24-16(7-9-26-22)11-17-5-3-8-27-25(17)28(23)24/h1-9,12,14H,10-11,13H2. The molecule has 3 aliphatic rings. The van der Waals surface area contributed by atoms with Gasteiger partial charge in [0.05, 0.1) is 17.1 Å². The maximum Gasteiger partial charge on any atom is 0.141 e. The van der Waals surface area contributed by atoms with Crippen LogP contribution in [0.2, 0.25) is 0 Å². The van der Waals surface area contributed by atoms with Gasteiger partial charge in [-0.25, -0.2) is 4.98 Å². The summed E-state index contributed by atoms with van der Waals surface area (Å²) in [6.07, 6.45) is 6.68. The molecule has 1 aliphatic carbocycles. The Kier molecular flexibility index (Phi) is 2.64. The first-order valence-corrected chi connectivity index (χ1v) is 9.82. The summed E-state index contributed by atoms with van der Waals surface area (Å²) >= 11 is 0. The number of pyridine rings is 2. The summed E-state index contributed by atoms with van der Waals surface area (Å²) in [7, 11) is 0. The van der Waals surface area contributed by atoms with Crippen LogP contribution in [0.4, 0.5) is 17.2 Å². The molecule has 2 aliphatic heterocycles. The van der Waals surface area contributed by atoms with Crippen LogP contribution in [0.3, 0.4) is 0 Å². The first-order chi connectivity index (χ1) is 13.9. The van der Waals surface area contributed by atoms with Crippen LogP contribution < -0.4 is 4.90 Å². The van der Waals surface area contributed by atoms with Gasteiger partial charge in [0.25, 0.3) is 0 Å². The zero-order chi connectivity index (χ0) is 18.2. The topological polar surface area (TPSA) is 29.0 Å². The summed E-state index contributed by atoms with van der Waals surface area (Å²) in [5.41, 5.74) is 13.2. The van der Waals surface area contributed by atoms with Gasteiger partial charge in [-0.1, -0.05) is 30.3 Å². The number of nitrogens with zero attached hydrogens (tertiary/aromatic N) is 3. The Labute approximate surface area is 163 Å². The smallest absolute Gasteiger partial charge is 0.141 e. The van der Waals surface area contributed by atoms with Gasteiger partial charge in [0, 0.05) is 25.2 Å². The van der Waals surface area contributed by atoms with E-state index in [2.05, 4.69) is 53.4 Å². The van der Waals surface area contributed by atoms with E-state index in [9.17, 15) is 0 Å². The molecule has 0 saturated carbocycles. The second-order valence-corrected chi connectivity index (χ2v) is 7.91. The molecule has 0 bridgehead atoms. The summed E-state index contributed by atoms with van der Waals surface area (Å²) in [5, 5.41) is 0. The van der Waals surface area contributed by atoms with Crippen LogP contribution >= 0.6 is 0 Å². The number of anilines is 3. The van der Waals surface area contributed by atoms with E-state index in [1.54, 1.807) is 0 Å². The monoisotopic (exact) mass is 359 g/mol. The van der Waals surface area contributed by atoms with Gasteiger partial charge < -0.3 is 0 Å². The molecule has 132 valence electrons. The van der Waals surface area contributed by atoms with Crippen molar-refractivity contribution in [3.8, 4) is 11.1 Å². The Morgan fingerprint density at radius 1 is 0.643 bits per heavy atom. The van der Waals surface area contributed by atoms with E-state index in [4.69, 9.17) is 9.97 Å². The zero-order valence-corrected chi connectivity index (χ0v) is 15.3. The largest absolute Gasteiger partial charge is 0.292 e. The van der Waals surface area contributed by atoms with Crippen molar-refractivity contribution in [2.24, 2.45) is 0 Å². The molecule has 3 nitrogen and oxygen atoms in total. The second-order valence-electron chi connectivity index (χ2n) is 7.91. The van der Waals surface area contributed by atoms with E-state index in [0.717, 1.165) is 30.8 Å². The van der Waals surface area contributed by atoms with Gasteiger partial charge in [-0.15, -0.1) is 0 Å². The molecule has 2 aromatic heterocycles. The first kappa shape index (κ1) is 14.6. The molecule has 0 fully saturated rings. The van der Waals surface area contributed by atoms with Crippen LogP contribution in [0.25, 0.3) is 11.1 Å². The average molecular weight is 359 g/mol. The highest BCUT2D eigenvalue weighted by atomic mass is 15.2. The van der Waals surface area contributed by atoms with E-state index >= 15 is 0 Å². The van der Waals surface area contributed by atoms with E-state index in [-0.39, 0.29) is 0 Å². The zero-order valence-electron chi connectivity index (χ0n) is 15.3. The van der Waals surface area contributed by atoms with Crippen LogP contribution in [0.15, 0.2) is 67.0 Å². The van der Waals surface area contributed by atoms with Crippen molar-refractivity contribution >= 4 is 17.2 Å². The normalized spacial score (nSPS) is 14.6. The Balaban J connectivity index is 1.51. The molecular weight excluding hydrogens is 342 g/mol. The van der Waals surface area contributed by atoms with Gasteiger partial charge in [0.1, 0.15) is 5.82 Å². The van der Waals surface area contributed by atoms with Crippen molar-refractivity contribution in [1.82, 2.24) is 9.97 Å². The van der Waals surface area contributed by atoms with Crippen molar-refractivity contribution in [3.05, 3.63) is 101 Å². The van der Waals surface area contributed by atoms with Gasteiger partial charge in [0.2, 0.25) is 0 Å². The minimum Gasteiger partial charge on any atom is -0.292 e. The molecule has 0 atom stereocenters. The van der Waals surface area contributed by atoms with Crippen LogP contribution in [-0.4, -0.2) is 9.97 Å². The third-order valence-corrected chi connectivity index (χ3v) is 6.36. The highest BCUT2D eigenvalue weighted by Gasteiger charge is 2.34. The predicted octanol–water partition coefficient (Wildman–Crippen LogP) is 5.33. The highest BCUT2D eigenvalue weighted by molar-refractivity contribution is 5.90. The van der Waals surface area contributed by atoms with Crippen LogP contribution in [0, 0.1) is 0 Å². The third-order valence-electron chi connectivity index (χ3n) is 6.36. The summed E-state index contributed by atoms with van der Waals surface area (Å²) in [6, 6.07) is 20.0. The van der Waals surface area contributed by atoms with E-state index in [1.165, 1.54) is 50.3 Å². The second kappa shape index (κ2) is 5.08. The summed E-state index contributed by atoms with van der Waals surface area (Å²) in [6.45, 7) is 0. The van der Waals surface area contributed by atoms with Gasteiger partial charge >= 0.3 is 0 Å². The molecule has 28 heavy (non-hydrogen) atoms. The lowest BCUT2D eigenvalue weighted by atomic mass is 9.89. The maximum atomic E-state index is 4.78. The Bertz CT molecular complexity index is 1310. The van der Waals surface area contributed by atoms with Crippen molar-refractivity contribution in [3.63, 3.8) is 0 Å². The lowest BCUT2D eigenvalue weighted by molar-refractivity contribution is 0.940. The Hall–Kier alpha value is -3.46. The van der Waals surface area contributed by atoms with Gasteiger partial charge in [-0.05, 0) is 69.6 Å². The lowest BCUT2D eigenvalue weighted by Gasteiger charge is -2.38. The fraction of sp³-hybridized carbons (Fsp3) is 0.120. The molecule has 0 amide bonds. The Morgan fingerprint density at radius 2 is 1.54 bits per heavy atom. The first-order valence-electron chi connectivity index (χ1n) is 9.82. The summed E-state index contributed by atoms with van der Waals surface area (Å²) < 4.78 is 0. The van der Waals surface area contributed by atoms with E-state index in [0.29, 0.717) is 0 Å². The van der Waals surface area contributed by atoms with Gasteiger partial charge in [0.15, 0.2) is 0 Å². The molecule has 0 unspecified atom stereocenters.